The van der Waals surface area contributed by atoms with Crippen LogP contribution in [0.15, 0.2) is 24.4 Å². The Morgan fingerprint density at radius 1 is 1.18 bits per heavy atom. The van der Waals surface area contributed by atoms with Gasteiger partial charge in [-0.1, -0.05) is 0 Å². The number of aliphatic hydroxyl groups excluding tert-OH is 1. The summed E-state index contributed by atoms with van der Waals surface area (Å²) >= 11 is 0. The second-order valence-electron chi connectivity index (χ2n) is 6.11. The molecule has 0 atom stereocenters. The number of aromatic nitrogens is 1. The quantitative estimate of drug-likeness (QED) is 0.854. The maximum Gasteiger partial charge on any atom is 0.119 e. The first-order chi connectivity index (χ1) is 10.8. The molecule has 0 radical (unpaired) electrons. The summed E-state index contributed by atoms with van der Waals surface area (Å²) < 4.78 is 7.65. The van der Waals surface area contributed by atoms with Crippen molar-refractivity contribution in [1.29, 1.82) is 0 Å². The monoisotopic (exact) mass is 302 g/mol. The Morgan fingerprint density at radius 2 is 2.00 bits per heavy atom. The minimum absolute atomic E-state index is 0.235. The SMILES string of the molecule is COc1ccc2c(c1)c(CCN1CCCC1)cn2CCCO. The van der Waals surface area contributed by atoms with Crippen molar-refractivity contribution in [2.75, 3.05) is 33.4 Å². The summed E-state index contributed by atoms with van der Waals surface area (Å²) in [5.74, 6) is 0.912. The van der Waals surface area contributed by atoms with E-state index >= 15 is 0 Å². The number of hydrogen-bond donors (Lipinski definition) is 1. The fourth-order valence-corrected chi connectivity index (χ4v) is 3.39. The van der Waals surface area contributed by atoms with Gasteiger partial charge in [-0.2, -0.15) is 0 Å². The molecule has 0 spiro atoms. The standard InChI is InChI=1S/C18H26N2O2/c1-22-16-5-6-18-17(13-16)15(14-20(18)10-4-12-21)7-11-19-8-2-3-9-19/h5-6,13-14,21H,2-4,7-12H2,1H3. The summed E-state index contributed by atoms with van der Waals surface area (Å²) in [6.45, 7) is 4.72. The lowest BCUT2D eigenvalue weighted by Gasteiger charge is -2.13. The molecule has 1 fully saturated rings. The van der Waals surface area contributed by atoms with E-state index in [4.69, 9.17) is 9.84 Å². The van der Waals surface area contributed by atoms with Gasteiger partial charge in [0.1, 0.15) is 5.75 Å². The Kier molecular flexibility index (Phi) is 5.01. The highest BCUT2D eigenvalue weighted by atomic mass is 16.5. The van der Waals surface area contributed by atoms with Crippen molar-refractivity contribution in [3.8, 4) is 5.75 Å². The van der Waals surface area contributed by atoms with Crippen molar-refractivity contribution in [2.45, 2.75) is 32.2 Å². The topological polar surface area (TPSA) is 37.6 Å². The van der Waals surface area contributed by atoms with Crippen LogP contribution in [0, 0.1) is 0 Å². The molecule has 0 unspecified atom stereocenters. The number of rotatable bonds is 7. The van der Waals surface area contributed by atoms with Gasteiger partial charge in [0.15, 0.2) is 0 Å². The lowest BCUT2D eigenvalue weighted by Crippen LogP contribution is -2.21. The molecule has 2 heterocycles. The first kappa shape index (κ1) is 15.4. The van der Waals surface area contributed by atoms with Gasteiger partial charge in [0.25, 0.3) is 0 Å². The molecule has 0 amide bonds. The minimum atomic E-state index is 0.235. The highest BCUT2D eigenvalue weighted by molar-refractivity contribution is 5.85. The van der Waals surface area contributed by atoms with Crippen LogP contribution in [-0.4, -0.2) is 47.9 Å². The van der Waals surface area contributed by atoms with Gasteiger partial charge in [0.2, 0.25) is 0 Å². The van der Waals surface area contributed by atoms with Crippen LogP contribution in [0.25, 0.3) is 10.9 Å². The molecule has 1 saturated heterocycles. The maximum atomic E-state index is 9.10. The number of aliphatic hydroxyl groups is 1. The van der Waals surface area contributed by atoms with Gasteiger partial charge in [-0.25, -0.2) is 0 Å². The zero-order valence-electron chi connectivity index (χ0n) is 13.4. The Morgan fingerprint density at radius 3 is 2.73 bits per heavy atom. The van der Waals surface area contributed by atoms with Crippen LogP contribution in [0.5, 0.6) is 5.75 Å². The minimum Gasteiger partial charge on any atom is -0.497 e. The number of nitrogens with zero attached hydrogens (tertiary/aromatic N) is 2. The third kappa shape index (κ3) is 3.28. The summed E-state index contributed by atoms with van der Waals surface area (Å²) in [5, 5.41) is 10.4. The molecule has 3 rings (SSSR count). The van der Waals surface area contributed by atoms with E-state index in [0.29, 0.717) is 0 Å². The van der Waals surface area contributed by atoms with E-state index in [1.807, 2.05) is 6.07 Å². The summed E-state index contributed by atoms with van der Waals surface area (Å²) in [6.07, 6.45) is 6.81. The number of methoxy groups -OCH3 is 1. The van der Waals surface area contributed by atoms with Crippen LogP contribution in [0.2, 0.25) is 0 Å². The third-order valence-corrected chi connectivity index (χ3v) is 4.62. The van der Waals surface area contributed by atoms with Crippen molar-refractivity contribution in [3.05, 3.63) is 30.0 Å². The molecular formula is C18H26N2O2. The third-order valence-electron chi connectivity index (χ3n) is 4.62. The van der Waals surface area contributed by atoms with Crippen LogP contribution in [-0.2, 0) is 13.0 Å². The summed E-state index contributed by atoms with van der Waals surface area (Å²) in [6, 6.07) is 6.29. The molecule has 0 saturated carbocycles. The van der Waals surface area contributed by atoms with E-state index in [0.717, 1.165) is 31.7 Å². The Bertz CT molecular complexity index is 615. The second kappa shape index (κ2) is 7.16. The highest BCUT2D eigenvalue weighted by Crippen LogP contribution is 2.27. The predicted octanol–water partition coefficient (Wildman–Crippen LogP) is 2.67. The fraction of sp³-hybridized carbons (Fsp3) is 0.556. The lowest BCUT2D eigenvalue weighted by atomic mass is 10.1. The molecule has 0 aliphatic carbocycles. The van der Waals surface area contributed by atoms with Gasteiger partial charge in [-0.3, -0.25) is 0 Å². The summed E-state index contributed by atoms with van der Waals surface area (Å²) in [5.41, 5.74) is 2.63. The molecule has 2 aromatic rings. The Balaban J connectivity index is 1.85. The summed E-state index contributed by atoms with van der Waals surface area (Å²) in [4.78, 5) is 2.55. The average Bonchev–Trinajstić information content (AvgIpc) is 3.18. The molecule has 1 aliphatic rings. The fourth-order valence-electron chi connectivity index (χ4n) is 3.39. The van der Waals surface area contributed by atoms with Crippen LogP contribution in [0.4, 0.5) is 0 Å². The van der Waals surface area contributed by atoms with Gasteiger partial charge >= 0.3 is 0 Å². The number of benzene rings is 1. The van der Waals surface area contributed by atoms with E-state index in [9.17, 15) is 0 Å². The first-order valence-corrected chi connectivity index (χ1v) is 8.31. The van der Waals surface area contributed by atoms with Crippen molar-refractivity contribution in [3.63, 3.8) is 0 Å². The molecular weight excluding hydrogens is 276 g/mol. The zero-order valence-corrected chi connectivity index (χ0v) is 13.4. The largest absolute Gasteiger partial charge is 0.497 e. The van der Waals surface area contributed by atoms with Crippen LogP contribution in [0.1, 0.15) is 24.8 Å². The molecule has 1 aliphatic heterocycles. The molecule has 1 N–H and O–H groups in total. The molecule has 1 aromatic carbocycles. The number of aryl methyl sites for hydroxylation is 1. The summed E-state index contributed by atoms with van der Waals surface area (Å²) in [7, 11) is 1.72. The van der Waals surface area contributed by atoms with Gasteiger partial charge in [-0.05, 0) is 62.5 Å². The molecule has 120 valence electrons. The van der Waals surface area contributed by atoms with E-state index in [-0.39, 0.29) is 6.61 Å². The van der Waals surface area contributed by atoms with Crippen molar-refractivity contribution in [2.24, 2.45) is 0 Å². The normalized spacial score (nSPS) is 15.7. The van der Waals surface area contributed by atoms with E-state index in [1.165, 1.54) is 42.4 Å². The van der Waals surface area contributed by atoms with Gasteiger partial charge in [-0.15, -0.1) is 0 Å². The molecule has 0 bridgehead atoms. The number of likely N-dealkylation sites (tertiary alicyclic amines) is 1. The first-order valence-electron chi connectivity index (χ1n) is 8.31. The molecule has 4 heteroatoms. The van der Waals surface area contributed by atoms with Crippen LogP contribution >= 0.6 is 0 Å². The van der Waals surface area contributed by atoms with Gasteiger partial charge in [0.05, 0.1) is 7.11 Å². The Hall–Kier alpha value is -1.52. The number of fused-ring (bicyclic) bond motifs is 1. The van der Waals surface area contributed by atoms with Crippen LogP contribution < -0.4 is 4.74 Å². The van der Waals surface area contributed by atoms with Gasteiger partial charge < -0.3 is 19.3 Å². The number of hydrogen-bond acceptors (Lipinski definition) is 3. The van der Waals surface area contributed by atoms with E-state index < -0.39 is 0 Å². The Labute approximate surface area is 132 Å². The second-order valence-corrected chi connectivity index (χ2v) is 6.11. The van der Waals surface area contributed by atoms with E-state index in [2.05, 4.69) is 27.8 Å². The van der Waals surface area contributed by atoms with Gasteiger partial charge in [0, 0.05) is 36.8 Å². The van der Waals surface area contributed by atoms with Crippen LogP contribution in [0.3, 0.4) is 0 Å². The lowest BCUT2D eigenvalue weighted by molar-refractivity contribution is 0.280. The van der Waals surface area contributed by atoms with Crippen molar-refractivity contribution < 1.29 is 9.84 Å². The molecule has 1 aromatic heterocycles. The average molecular weight is 302 g/mol. The predicted molar refractivity (Wildman–Crippen MR) is 89.6 cm³/mol. The molecule has 22 heavy (non-hydrogen) atoms. The number of ether oxygens (including phenoxy) is 1. The molecule has 4 nitrogen and oxygen atoms in total. The zero-order chi connectivity index (χ0) is 15.4. The highest BCUT2D eigenvalue weighted by Gasteiger charge is 2.14. The van der Waals surface area contributed by atoms with Crippen molar-refractivity contribution >= 4 is 10.9 Å². The van der Waals surface area contributed by atoms with Crippen molar-refractivity contribution in [1.82, 2.24) is 9.47 Å². The maximum absolute atomic E-state index is 9.10. The van der Waals surface area contributed by atoms with E-state index in [1.54, 1.807) is 7.11 Å². The smallest absolute Gasteiger partial charge is 0.119 e.